The van der Waals surface area contributed by atoms with E-state index >= 15 is 0 Å². The lowest BCUT2D eigenvalue weighted by Gasteiger charge is -2.19. The topological polar surface area (TPSA) is 81.8 Å². The zero-order valence-corrected chi connectivity index (χ0v) is 16.5. The van der Waals surface area contributed by atoms with Crippen LogP contribution in [0, 0.1) is 13.8 Å². The standard InChI is InChI=1S/C20H26N2O5/c1-6-22-14(4)18(13(3)19(22)20(25)26-7-2)17(24)12-21(15(5)23)11-16-9-8-10-27-16/h8-10H,6-7,11-12H2,1-5H3. The molecular weight excluding hydrogens is 348 g/mol. The van der Waals surface area contributed by atoms with Gasteiger partial charge in [-0.1, -0.05) is 0 Å². The Morgan fingerprint density at radius 1 is 1.22 bits per heavy atom. The fourth-order valence-corrected chi connectivity index (χ4v) is 3.29. The van der Waals surface area contributed by atoms with Gasteiger partial charge in [-0.25, -0.2) is 4.79 Å². The Kier molecular flexibility index (Phi) is 6.60. The monoisotopic (exact) mass is 374 g/mol. The van der Waals surface area contributed by atoms with Gasteiger partial charge in [-0.15, -0.1) is 0 Å². The molecule has 0 fully saturated rings. The summed E-state index contributed by atoms with van der Waals surface area (Å²) in [5.41, 5.74) is 2.13. The van der Waals surface area contributed by atoms with E-state index < -0.39 is 5.97 Å². The molecule has 2 aromatic heterocycles. The summed E-state index contributed by atoms with van der Waals surface area (Å²) in [5, 5.41) is 0. The number of hydrogen-bond acceptors (Lipinski definition) is 5. The van der Waals surface area contributed by atoms with Gasteiger partial charge < -0.3 is 18.6 Å². The third-order valence-electron chi connectivity index (χ3n) is 4.54. The molecule has 2 rings (SSSR count). The van der Waals surface area contributed by atoms with E-state index in [-0.39, 0.29) is 31.4 Å². The summed E-state index contributed by atoms with van der Waals surface area (Å²) in [5.74, 6) is -0.289. The van der Waals surface area contributed by atoms with Crippen molar-refractivity contribution in [3.05, 3.63) is 46.7 Å². The minimum atomic E-state index is -0.446. The van der Waals surface area contributed by atoms with Crippen LogP contribution in [0.2, 0.25) is 0 Å². The van der Waals surface area contributed by atoms with E-state index in [0.717, 1.165) is 0 Å². The molecule has 27 heavy (non-hydrogen) atoms. The molecule has 0 atom stereocenters. The van der Waals surface area contributed by atoms with Crippen LogP contribution >= 0.6 is 0 Å². The first-order chi connectivity index (χ1) is 12.8. The number of esters is 1. The van der Waals surface area contributed by atoms with Gasteiger partial charge in [0.2, 0.25) is 5.91 Å². The quantitative estimate of drug-likeness (QED) is 0.524. The maximum atomic E-state index is 13.0. The number of ketones is 1. The second kappa shape index (κ2) is 8.70. The third-order valence-corrected chi connectivity index (χ3v) is 4.54. The molecule has 0 aliphatic heterocycles. The lowest BCUT2D eigenvalue weighted by atomic mass is 10.1. The summed E-state index contributed by atoms with van der Waals surface area (Å²) in [6.07, 6.45) is 1.52. The number of amides is 1. The molecule has 2 aromatic rings. The highest BCUT2D eigenvalue weighted by molar-refractivity contribution is 6.04. The molecule has 0 spiro atoms. The summed E-state index contributed by atoms with van der Waals surface area (Å²) in [6, 6.07) is 3.49. The molecule has 0 radical (unpaired) electrons. The molecule has 0 N–H and O–H groups in total. The van der Waals surface area contributed by atoms with Crippen LogP contribution in [-0.4, -0.2) is 40.3 Å². The van der Waals surface area contributed by atoms with Gasteiger partial charge >= 0.3 is 5.97 Å². The van der Waals surface area contributed by atoms with Gasteiger partial charge in [0.1, 0.15) is 11.5 Å². The highest BCUT2D eigenvalue weighted by Gasteiger charge is 2.28. The Labute approximate surface area is 158 Å². The maximum Gasteiger partial charge on any atom is 0.355 e. The first-order valence-corrected chi connectivity index (χ1v) is 8.99. The first kappa shape index (κ1) is 20.5. The van der Waals surface area contributed by atoms with E-state index in [2.05, 4.69) is 0 Å². The Morgan fingerprint density at radius 2 is 1.93 bits per heavy atom. The molecule has 7 nitrogen and oxygen atoms in total. The number of rotatable bonds is 8. The van der Waals surface area contributed by atoms with E-state index in [0.29, 0.717) is 34.8 Å². The second-order valence-corrected chi connectivity index (χ2v) is 6.28. The molecule has 1 amide bonds. The van der Waals surface area contributed by atoms with Crippen molar-refractivity contribution in [1.82, 2.24) is 9.47 Å². The van der Waals surface area contributed by atoms with Crippen molar-refractivity contribution < 1.29 is 23.5 Å². The largest absolute Gasteiger partial charge is 0.467 e. The number of aromatic nitrogens is 1. The minimum Gasteiger partial charge on any atom is -0.467 e. The van der Waals surface area contributed by atoms with Crippen LogP contribution in [0.1, 0.15) is 58.6 Å². The van der Waals surface area contributed by atoms with Crippen molar-refractivity contribution in [3.63, 3.8) is 0 Å². The molecule has 0 unspecified atom stereocenters. The molecule has 0 aromatic carbocycles. The van der Waals surface area contributed by atoms with E-state index in [1.54, 1.807) is 37.5 Å². The summed E-state index contributed by atoms with van der Waals surface area (Å²) in [7, 11) is 0. The Morgan fingerprint density at radius 3 is 2.44 bits per heavy atom. The van der Waals surface area contributed by atoms with Gasteiger partial charge in [-0.2, -0.15) is 0 Å². The molecule has 0 saturated heterocycles. The minimum absolute atomic E-state index is 0.0896. The van der Waals surface area contributed by atoms with Crippen LogP contribution in [0.25, 0.3) is 0 Å². The number of carbonyl (C=O) groups is 3. The van der Waals surface area contributed by atoms with Crippen LogP contribution in [0.4, 0.5) is 0 Å². The van der Waals surface area contributed by atoms with Crippen LogP contribution in [0.15, 0.2) is 22.8 Å². The van der Waals surface area contributed by atoms with E-state index in [1.165, 1.54) is 18.1 Å². The highest BCUT2D eigenvalue weighted by atomic mass is 16.5. The average molecular weight is 374 g/mol. The predicted octanol–water partition coefficient (Wildman–Crippen LogP) is 3.13. The first-order valence-electron chi connectivity index (χ1n) is 8.99. The molecule has 0 aliphatic carbocycles. The molecule has 7 heteroatoms. The number of ether oxygens (including phenoxy) is 1. The Hall–Kier alpha value is -2.83. The van der Waals surface area contributed by atoms with Crippen molar-refractivity contribution >= 4 is 17.7 Å². The zero-order chi connectivity index (χ0) is 20.1. The van der Waals surface area contributed by atoms with Crippen molar-refractivity contribution in [1.29, 1.82) is 0 Å². The molecule has 2 heterocycles. The van der Waals surface area contributed by atoms with Gasteiger partial charge in [-0.05, 0) is 45.4 Å². The van der Waals surface area contributed by atoms with Gasteiger partial charge in [-0.3, -0.25) is 9.59 Å². The maximum absolute atomic E-state index is 13.0. The van der Waals surface area contributed by atoms with Crippen molar-refractivity contribution in [2.24, 2.45) is 0 Å². The van der Waals surface area contributed by atoms with Crippen molar-refractivity contribution in [3.8, 4) is 0 Å². The third kappa shape index (κ3) is 4.30. The zero-order valence-electron chi connectivity index (χ0n) is 16.5. The van der Waals surface area contributed by atoms with Crippen molar-refractivity contribution in [2.75, 3.05) is 13.2 Å². The molecule has 146 valence electrons. The second-order valence-electron chi connectivity index (χ2n) is 6.28. The molecule has 0 saturated carbocycles. The predicted molar refractivity (Wildman–Crippen MR) is 99.7 cm³/mol. The Bertz CT molecular complexity index is 833. The fraction of sp³-hybridized carbons (Fsp3) is 0.450. The normalized spacial score (nSPS) is 10.7. The molecule has 0 bridgehead atoms. The fourth-order valence-electron chi connectivity index (χ4n) is 3.29. The number of nitrogens with zero attached hydrogens (tertiary/aromatic N) is 2. The molecule has 0 aliphatic rings. The lowest BCUT2D eigenvalue weighted by Crippen LogP contribution is -2.33. The summed E-state index contributed by atoms with van der Waals surface area (Å²) >= 11 is 0. The molecular formula is C20H26N2O5. The van der Waals surface area contributed by atoms with E-state index in [9.17, 15) is 14.4 Å². The lowest BCUT2D eigenvalue weighted by molar-refractivity contribution is -0.129. The van der Waals surface area contributed by atoms with E-state index in [4.69, 9.17) is 9.15 Å². The number of carbonyl (C=O) groups excluding carboxylic acids is 3. The summed E-state index contributed by atoms with van der Waals surface area (Å²) < 4.78 is 12.2. The number of furan rings is 1. The van der Waals surface area contributed by atoms with Gasteiger partial charge in [0.15, 0.2) is 5.78 Å². The number of hydrogen-bond donors (Lipinski definition) is 0. The van der Waals surface area contributed by atoms with E-state index in [1.807, 2.05) is 6.92 Å². The summed E-state index contributed by atoms with van der Waals surface area (Å²) in [6.45, 7) is 9.53. The van der Waals surface area contributed by atoms with Gasteiger partial charge in [0, 0.05) is 24.7 Å². The number of Topliss-reactive ketones (excluding diaryl/α,β-unsaturated/α-hetero) is 1. The summed E-state index contributed by atoms with van der Waals surface area (Å²) in [4.78, 5) is 38.8. The van der Waals surface area contributed by atoms with Crippen molar-refractivity contribution in [2.45, 2.75) is 47.7 Å². The van der Waals surface area contributed by atoms with Crippen LogP contribution in [0.5, 0.6) is 0 Å². The van der Waals surface area contributed by atoms with Crippen LogP contribution < -0.4 is 0 Å². The van der Waals surface area contributed by atoms with Gasteiger partial charge in [0.05, 0.1) is 26.0 Å². The van der Waals surface area contributed by atoms with Crippen LogP contribution in [-0.2, 0) is 22.6 Å². The smallest absolute Gasteiger partial charge is 0.355 e. The van der Waals surface area contributed by atoms with Crippen LogP contribution in [0.3, 0.4) is 0 Å². The Balaban J connectivity index is 2.34. The average Bonchev–Trinajstić information content (AvgIpc) is 3.19. The SMILES string of the molecule is CCOC(=O)c1c(C)c(C(=O)CN(Cc2ccco2)C(C)=O)c(C)n1CC. The highest BCUT2D eigenvalue weighted by Crippen LogP contribution is 2.24. The van der Waals surface area contributed by atoms with Gasteiger partial charge in [0.25, 0.3) is 0 Å².